The zero-order chi connectivity index (χ0) is 15.0. The number of carbonyl (C=O) groups excluding carboxylic acids is 1. The molecule has 2 heterocycles. The van der Waals surface area contributed by atoms with Crippen molar-refractivity contribution in [2.75, 3.05) is 0 Å². The van der Waals surface area contributed by atoms with Crippen LogP contribution >= 0.6 is 39.9 Å². The van der Waals surface area contributed by atoms with Gasteiger partial charge in [-0.1, -0.05) is 46.0 Å². The molecule has 0 aliphatic carbocycles. The normalized spacial score (nSPS) is 16.6. The monoisotopic (exact) mass is 379 g/mol. The number of furan rings is 1. The highest BCUT2D eigenvalue weighted by molar-refractivity contribution is 9.10. The van der Waals surface area contributed by atoms with E-state index < -0.39 is 0 Å². The fourth-order valence-electron chi connectivity index (χ4n) is 1.95. The van der Waals surface area contributed by atoms with Gasteiger partial charge in [0, 0.05) is 16.1 Å². The summed E-state index contributed by atoms with van der Waals surface area (Å²) in [7, 11) is 0. The van der Waals surface area contributed by atoms with Crippen LogP contribution in [0.4, 0.5) is 0 Å². The zero-order valence-corrected chi connectivity index (χ0v) is 14.2. The summed E-state index contributed by atoms with van der Waals surface area (Å²) in [4.78, 5) is 12.2. The molecule has 1 fully saturated rings. The van der Waals surface area contributed by atoms with Crippen molar-refractivity contribution in [1.29, 1.82) is 0 Å². The van der Waals surface area contributed by atoms with Crippen LogP contribution in [0.15, 0.2) is 44.1 Å². The van der Waals surface area contributed by atoms with Gasteiger partial charge in [-0.3, -0.25) is 4.79 Å². The van der Waals surface area contributed by atoms with E-state index >= 15 is 0 Å². The highest BCUT2D eigenvalue weighted by atomic mass is 79.9. The zero-order valence-electron chi connectivity index (χ0n) is 11.0. The molecule has 3 nitrogen and oxygen atoms in total. The van der Waals surface area contributed by atoms with Gasteiger partial charge in [-0.25, -0.2) is 0 Å². The van der Waals surface area contributed by atoms with Crippen molar-refractivity contribution in [3.05, 3.63) is 51.0 Å². The molecule has 21 heavy (non-hydrogen) atoms. The molecular weight excluding hydrogens is 370 g/mol. The van der Waals surface area contributed by atoms with Gasteiger partial charge in [-0.2, -0.15) is 0 Å². The van der Waals surface area contributed by atoms with Gasteiger partial charge in [-0.15, -0.1) is 0 Å². The number of rotatable bonds is 2. The van der Waals surface area contributed by atoms with Crippen LogP contribution in [0.25, 0.3) is 17.4 Å². The largest absolute Gasteiger partial charge is 0.457 e. The van der Waals surface area contributed by atoms with Gasteiger partial charge in [0.2, 0.25) is 0 Å². The average Bonchev–Trinajstić information content (AvgIpc) is 2.97. The third kappa shape index (κ3) is 3.12. The van der Waals surface area contributed by atoms with Gasteiger partial charge >= 0.3 is 0 Å². The second-order valence-corrected chi connectivity index (χ2v) is 7.11. The Kier molecular flexibility index (Phi) is 4.01. The van der Waals surface area contributed by atoms with Crippen molar-refractivity contribution in [3.8, 4) is 11.3 Å². The van der Waals surface area contributed by atoms with E-state index in [0.29, 0.717) is 15.0 Å². The molecular formula is C15H10BrNO2S2. The van der Waals surface area contributed by atoms with E-state index in [1.807, 2.05) is 37.3 Å². The van der Waals surface area contributed by atoms with E-state index in [4.69, 9.17) is 16.6 Å². The summed E-state index contributed by atoms with van der Waals surface area (Å²) >= 11 is 9.73. The Morgan fingerprint density at radius 1 is 1.33 bits per heavy atom. The number of halogens is 1. The lowest BCUT2D eigenvalue weighted by Crippen LogP contribution is -2.17. The van der Waals surface area contributed by atoms with Crippen LogP contribution in [0, 0.1) is 6.92 Å². The highest BCUT2D eigenvalue weighted by Crippen LogP contribution is 2.32. The molecule has 6 heteroatoms. The summed E-state index contributed by atoms with van der Waals surface area (Å²) in [6.45, 7) is 2.03. The first-order chi connectivity index (χ1) is 10.0. The molecule has 2 aromatic rings. The van der Waals surface area contributed by atoms with Crippen LogP contribution in [-0.4, -0.2) is 10.2 Å². The number of aryl methyl sites for hydroxylation is 1. The van der Waals surface area contributed by atoms with E-state index in [2.05, 4.69) is 21.2 Å². The SMILES string of the molecule is Cc1ccc(-c2ccc(C=C3SC(=S)NC3=O)o2)c(Br)c1. The predicted molar refractivity (Wildman–Crippen MR) is 92.9 cm³/mol. The summed E-state index contributed by atoms with van der Waals surface area (Å²) in [5.74, 6) is 1.19. The molecule has 106 valence electrons. The smallest absolute Gasteiger partial charge is 0.263 e. The van der Waals surface area contributed by atoms with Crippen molar-refractivity contribution in [1.82, 2.24) is 5.32 Å². The number of hydrogen-bond donors (Lipinski definition) is 1. The maximum atomic E-state index is 11.6. The first-order valence-corrected chi connectivity index (χ1v) is 8.16. The molecule has 1 aromatic carbocycles. The number of amides is 1. The molecule has 0 bridgehead atoms. The lowest BCUT2D eigenvalue weighted by Gasteiger charge is -2.02. The van der Waals surface area contributed by atoms with E-state index in [-0.39, 0.29) is 5.91 Å². The topological polar surface area (TPSA) is 42.2 Å². The highest BCUT2D eigenvalue weighted by Gasteiger charge is 2.22. The summed E-state index contributed by atoms with van der Waals surface area (Å²) in [5, 5.41) is 2.58. The number of benzene rings is 1. The second kappa shape index (κ2) is 5.79. The molecule has 3 rings (SSSR count). The minimum absolute atomic E-state index is 0.181. The first kappa shape index (κ1) is 14.6. The molecule has 0 atom stereocenters. The fourth-order valence-corrected chi connectivity index (χ4v) is 3.66. The lowest BCUT2D eigenvalue weighted by molar-refractivity contribution is -0.115. The van der Waals surface area contributed by atoms with Crippen molar-refractivity contribution in [2.24, 2.45) is 0 Å². The molecule has 0 saturated carbocycles. The Morgan fingerprint density at radius 3 is 2.81 bits per heavy atom. The van der Waals surface area contributed by atoms with Crippen LogP contribution in [-0.2, 0) is 4.79 Å². The van der Waals surface area contributed by atoms with E-state index in [0.717, 1.165) is 15.8 Å². The lowest BCUT2D eigenvalue weighted by atomic mass is 10.1. The Hall–Kier alpha value is -1.37. The molecule has 1 aliphatic rings. The Bertz CT molecular complexity index is 780. The summed E-state index contributed by atoms with van der Waals surface area (Å²) in [5.41, 5.74) is 2.15. The molecule has 1 aliphatic heterocycles. The Morgan fingerprint density at radius 2 is 2.14 bits per heavy atom. The van der Waals surface area contributed by atoms with Gasteiger partial charge < -0.3 is 9.73 Å². The van der Waals surface area contributed by atoms with Gasteiger partial charge in [0.15, 0.2) is 0 Å². The van der Waals surface area contributed by atoms with Gasteiger partial charge in [0.05, 0.1) is 4.91 Å². The molecule has 1 amide bonds. The van der Waals surface area contributed by atoms with Crippen molar-refractivity contribution in [2.45, 2.75) is 6.92 Å². The number of carbonyl (C=O) groups is 1. The molecule has 1 saturated heterocycles. The molecule has 0 radical (unpaired) electrons. The minimum atomic E-state index is -0.181. The fraction of sp³-hybridized carbons (Fsp3) is 0.0667. The maximum absolute atomic E-state index is 11.6. The van der Waals surface area contributed by atoms with Gasteiger partial charge in [0.25, 0.3) is 5.91 Å². The summed E-state index contributed by atoms with van der Waals surface area (Å²) < 4.78 is 7.24. The third-order valence-electron chi connectivity index (χ3n) is 2.93. The van der Waals surface area contributed by atoms with Crippen molar-refractivity contribution in [3.63, 3.8) is 0 Å². The Balaban J connectivity index is 1.92. The van der Waals surface area contributed by atoms with Crippen LogP contribution in [0.3, 0.4) is 0 Å². The third-order valence-corrected chi connectivity index (χ3v) is 4.75. The van der Waals surface area contributed by atoms with Crippen LogP contribution in [0.5, 0.6) is 0 Å². The number of thiocarbonyl (C=S) groups is 1. The maximum Gasteiger partial charge on any atom is 0.263 e. The molecule has 0 spiro atoms. The average molecular weight is 380 g/mol. The van der Waals surface area contributed by atoms with Crippen LogP contribution in [0.2, 0.25) is 0 Å². The number of hydrogen-bond acceptors (Lipinski definition) is 4. The molecule has 1 aromatic heterocycles. The van der Waals surface area contributed by atoms with E-state index in [9.17, 15) is 4.79 Å². The first-order valence-electron chi connectivity index (χ1n) is 6.14. The van der Waals surface area contributed by atoms with Crippen molar-refractivity contribution < 1.29 is 9.21 Å². The summed E-state index contributed by atoms with van der Waals surface area (Å²) in [6.07, 6.45) is 1.70. The van der Waals surface area contributed by atoms with Crippen LogP contribution in [0.1, 0.15) is 11.3 Å². The van der Waals surface area contributed by atoms with E-state index in [1.165, 1.54) is 17.3 Å². The quantitative estimate of drug-likeness (QED) is 0.615. The van der Waals surface area contributed by atoms with E-state index in [1.54, 1.807) is 6.08 Å². The standard InChI is InChI=1S/C15H10BrNO2S2/c1-8-2-4-10(11(16)6-8)12-5-3-9(19-12)7-13-14(18)17-15(20)21-13/h2-7H,1H3,(H,17,18,20). The number of thioether (sulfide) groups is 1. The molecule has 1 N–H and O–H groups in total. The Labute approximate surface area is 139 Å². The molecule has 0 unspecified atom stereocenters. The van der Waals surface area contributed by atoms with Gasteiger partial charge in [-0.05, 0) is 36.8 Å². The minimum Gasteiger partial charge on any atom is -0.457 e. The summed E-state index contributed by atoms with van der Waals surface area (Å²) in [6, 6.07) is 9.79. The second-order valence-electron chi connectivity index (χ2n) is 4.54. The van der Waals surface area contributed by atoms with Crippen molar-refractivity contribution >= 4 is 56.2 Å². The van der Waals surface area contributed by atoms with Crippen LogP contribution < -0.4 is 5.32 Å². The van der Waals surface area contributed by atoms with Gasteiger partial charge in [0.1, 0.15) is 15.8 Å². The number of nitrogens with one attached hydrogen (secondary N) is 1. The predicted octanol–water partition coefficient (Wildman–Crippen LogP) is 4.51.